The summed E-state index contributed by atoms with van der Waals surface area (Å²) in [4.78, 5) is 94.6. The number of nitrogens with one attached hydrogen (secondary N) is 9. The number of aliphatic hydroxyl groups is 2. The van der Waals surface area contributed by atoms with Crippen LogP contribution in [-0.4, -0.2) is 135 Å². The van der Waals surface area contributed by atoms with Crippen LogP contribution in [0, 0.1) is 5.41 Å². The lowest BCUT2D eigenvalue weighted by molar-refractivity contribution is -0.144. The number of H-pyrrole nitrogens is 1. The Bertz CT molecular complexity index is 1320. The standard InChI is InChI=1S/C27H44N12O10/c28-20(42)8-17(26(48)49)37-22(44)15(4-2-6-33-27(29)30)35-24(46)18(10-40)39-25(47)19(11-41)38-23(45)16(7-13-9-31-12-34-13)36-21(43)14-3-1-5-32-14/h9,12,14-19,32,40-41H,1-8,10-11H2,(H2,28,42)(H,31,34)(H,35,46)(H,36,43)(H,37,44)(H,38,45)(H,39,47)(H,48,49)(H4,29,30,33)/t14-,15-,16-,17-,18-,19-/m0/s1. The Hall–Kier alpha value is -5.35. The average molecular weight is 697 g/mol. The fourth-order valence-corrected chi connectivity index (χ4v) is 4.68. The van der Waals surface area contributed by atoms with Gasteiger partial charge in [0.15, 0.2) is 5.96 Å². The van der Waals surface area contributed by atoms with Crippen molar-refractivity contribution in [2.24, 2.45) is 11.5 Å². The summed E-state index contributed by atoms with van der Waals surface area (Å²) in [6, 6.07) is -8.30. The van der Waals surface area contributed by atoms with E-state index in [1.807, 2.05) is 0 Å². The van der Waals surface area contributed by atoms with Crippen LogP contribution in [0.5, 0.6) is 0 Å². The number of aromatic amines is 1. The second-order valence-electron chi connectivity index (χ2n) is 11.1. The molecule has 0 bridgehead atoms. The zero-order valence-corrected chi connectivity index (χ0v) is 26.5. The summed E-state index contributed by atoms with van der Waals surface area (Å²) in [5.41, 5.74) is 10.7. The van der Waals surface area contributed by atoms with Crippen LogP contribution in [0.3, 0.4) is 0 Å². The number of aliphatic hydroxyl groups excluding tert-OH is 2. The molecule has 0 unspecified atom stereocenters. The fourth-order valence-electron chi connectivity index (χ4n) is 4.68. The van der Waals surface area contributed by atoms with E-state index in [2.05, 4.69) is 47.2 Å². The molecule has 22 heteroatoms. The first kappa shape index (κ1) is 39.8. The first-order chi connectivity index (χ1) is 23.2. The smallest absolute Gasteiger partial charge is 0.326 e. The molecule has 1 aliphatic rings. The van der Waals surface area contributed by atoms with Crippen molar-refractivity contribution >= 4 is 47.4 Å². The highest BCUT2D eigenvalue weighted by molar-refractivity contribution is 5.97. The van der Waals surface area contributed by atoms with Crippen LogP contribution in [0.4, 0.5) is 0 Å². The molecule has 0 saturated carbocycles. The molecule has 0 aromatic carbocycles. The molecule has 0 aliphatic carbocycles. The number of nitrogens with two attached hydrogens (primary N) is 2. The van der Waals surface area contributed by atoms with Crippen molar-refractivity contribution < 1.29 is 48.9 Å². The molecular formula is C27H44N12O10. The molecule has 2 rings (SSSR count). The van der Waals surface area contributed by atoms with Crippen molar-refractivity contribution in [2.75, 3.05) is 26.3 Å². The lowest BCUT2D eigenvalue weighted by atomic mass is 10.1. The molecule has 1 saturated heterocycles. The third-order valence-electron chi connectivity index (χ3n) is 7.25. The summed E-state index contributed by atoms with van der Waals surface area (Å²) in [5, 5.41) is 53.4. The Morgan fingerprint density at radius 2 is 1.45 bits per heavy atom. The van der Waals surface area contributed by atoms with Crippen LogP contribution >= 0.6 is 0 Å². The van der Waals surface area contributed by atoms with Gasteiger partial charge in [0, 0.05) is 19.2 Å². The van der Waals surface area contributed by atoms with Gasteiger partial charge in [-0.05, 0) is 32.2 Å². The largest absolute Gasteiger partial charge is 0.480 e. The van der Waals surface area contributed by atoms with Gasteiger partial charge in [-0.1, -0.05) is 0 Å². The van der Waals surface area contributed by atoms with Gasteiger partial charge in [-0.25, -0.2) is 9.78 Å². The number of amides is 6. The van der Waals surface area contributed by atoms with Crippen LogP contribution in [0.1, 0.15) is 37.8 Å². The highest BCUT2D eigenvalue weighted by Gasteiger charge is 2.33. The number of aliphatic carboxylic acids is 1. The molecule has 49 heavy (non-hydrogen) atoms. The molecule has 22 nitrogen and oxygen atoms in total. The minimum Gasteiger partial charge on any atom is -0.480 e. The van der Waals surface area contributed by atoms with Crippen LogP contribution in [-0.2, 0) is 40.0 Å². The van der Waals surface area contributed by atoms with Crippen LogP contribution in [0.15, 0.2) is 12.5 Å². The number of rotatable bonds is 21. The zero-order chi connectivity index (χ0) is 36.5. The van der Waals surface area contributed by atoms with E-state index >= 15 is 0 Å². The predicted molar refractivity (Wildman–Crippen MR) is 168 cm³/mol. The van der Waals surface area contributed by atoms with Crippen molar-refractivity contribution in [3.63, 3.8) is 0 Å². The molecule has 0 radical (unpaired) electrons. The highest BCUT2D eigenvalue weighted by atomic mass is 16.4. The van der Waals surface area contributed by atoms with E-state index in [-0.39, 0.29) is 31.8 Å². The molecule has 1 fully saturated rings. The number of carbonyl (C=O) groups is 7. The number of hydrogen-bond donors (Lipinski definition) is 14. The molecule has 1 aromatic rings. The molecule has 1 aromatic heterocycles. The highest BCUT2D eigenvalue weighted by Crippen LogP contribution is 2.07. The summed E-state index contributed by atoms with van der Waals surface area (Å²) in [7, 11) is 0. The number of imidazole rings is 1. The van der Waals surface area contributed by atoms with Gasteiger partial charge in [-0.15, -0.1) is 0 Å². The van der Waals surface area contributed by atoms with Crippen molar-refractivity contribution in [3.8, 4) is 0 Å². The maximum atomic E-state index is 13.2. The Labute approximate surface area is 279 Å². The van der Waals surface area contributed by atoms with Gasteiger partial charge in [-0.2, -0.15) is 0 Å². The maximum absolute atomic E-state index is 13.2. The molecule has 16 N–H and O–H groups in total. The monoisotopic (exact) mass is 696 g/mol. The minimum atomic E-state index is -1.72. The minimum absolute atomic E-state index is 0.0667. The Morgan fingerprint density at radius 1 is 0.878 bits per heavy atom. The number of hydrogen-bond acceptors (Lipinski definition) is 12. The van der Waals surface area contributed by atoms with Gasteiger partial charge in [0.05, 0.1) is 37.7 Å². The van der Waals surface area contributed by atoms with Crippen molar-refractivity contribution in [1.82, 2.24) is 47.2 Å². The molecule has 0 spiro atoms. The summed E-state index contributed by atoms with van der Waals surface area (Å²) in [6.45, 7) is -1.25. The Kier molecular flexibility index (Phi) is 16.3. The van der Waals surface area contributed by atoms with E-state index in [4.69, 9.17) is 16.9 Å². The van der Waals surface area contributed by atoms with Gasteiger partial charge in [-0.3, -0.25) is 34.2 Å². The first-order valence-corrected chi connectivity index (χ1v) is 15.3. The number of carbonyl (C=O) groups excluding carboxylic acids is 6. The number of nitrogens with zero attached hydrogens (tertiary/aromatic N) is 1. The number of primary amides is 1. The maximum Gasteiger partial charge on any atom is 0.326 e. The summed E-state index contributed by atoms with van der Waals surface area (Å²) in [6.07, 6.45) is 3.35. The van der Waals surface area contributed by atoms with Gasteiger partial charge in [0.1, 0.15) is 30.2 Å². The SMILES string of the molecule is N=C(N)NCCC[C@H](NC(=O)[C@H](CO)NC(=O)[C@H](CO)NC(=O)[C@H](Cc1c[nH]cn1)NC(=O)[C@@H]1CCCN1)C(=O)N[C@@H](CC(N)=O)C(=O)O. The van der Waals surface area contributed by atoms with Crippen LogP contribution in [0.2, 0.25) is 0 Å². The molecule has 6 atom stereocenters. The number of guanidine groups is 1. The van der Waals surface area contributed by atoms with E-state index in [1.54, 1.807) is 0 Å². The van der Waals surface area contributed by atoms with Crippen molar-refractivity contribution in [2.45, 2.75) is 74.8 Å². The quantitative estimate of drug-likeness (QED) is 0.0323. The molecule has 2 heterocycles. The van der Waals surface area contributed by atoms with E-state index in [9.17, 15) is 48.9 Å². The van der Waals surface area contributed by atoms with Gasteiger partial charge in [0.2, 0.25) is 35.4 Å². The van der Waals surface area contributed by atoms with E-state index in [1.165, 1.54) is 12.5 Å². The number of carboxylic acids is 1. The summed E-state index contributed by atoms with van der Waals surface area (Å²) in [5.74, 6) is -7.51. The fraction of sp³-hybridized carbons (Fsp3) is 0.593. The van der Waals surface area contributed by atoms with E-state index in [0.29, 0.717) is 18.7 Å². The number of carboxylic acid groups (broad SMARTS) is 1. The Morgan fingerprint density at radius 3 is 1.94 bits per heavy atom. The molecule has 6 amide bonds. The average Bonchev–Trinajstić information content (AvgIpc) is 3.77. The first-order valence-electron chi connectivity index (χ1n) is 15.3. The van der Waals surface area contributed by atoms with Crippen molar-refractivity contribution in [3.05, 3.63) is 18.2 Å². The normalized spacial score (nSPS) is 16.9. The third-order valence-corrected chi connectivity index (χ3v) is 7.25. The van der Waals surface area contributed by atoms with Gasteiger partial charge >= 0.3 is 5.97 Å². The van der Waals surface area contributed by atoms with Crippen LogP contribution in [0.25, 0.3) is 0 Å². The number of aromatic nitrogens is 2. The topological polar surface area (TPSA) is 369 Å². The zero-order valence-electron chi connectivity index (χ0n) is 26.5. The second-order valence-corrected chi connectivity index (χ2v) is 11.1. The lowest BCUT2D eigenvalue weighted by Gasteiger charge is -2.26. The molecular weight excluding hydrogens is 652 g/mol. The summed E-state index contributed by atoms with van der Waals surface area (Å²) < 4.78 is 0. The van der Waals surface area contributed by atoms with Gasteiger partial charge < -0.3 is 69.0 Å². The molecule has 1 aliphatic heterocycles. The van der Waals surface area contributed by atoms with Crippen LogP contribution < -0.4 is 48.7 Å². The van der Waals surface area contributed by atoms with Gasteiger partial charge in [0.25, 0.3) is 0 Å². The Balaban J connectivity index is 2.12. The third kappa shape index (κ3) is 13.7. The summed E-state index contributed by atoms with van der Waals surface area (Å²) >= 11 is 0. The predicted octanol–water partition coefficient (Wildman–Crippen LogP) is -6.66. The second kappa shape index (κ2) is 20.1. The lowest BCUT2D eigenvalue weighted by Crippen LogP contribution is -2.61. The van der Waals surface area contributed by atoms with Crippen molar-refractivity contribution in [1.29, 1.82) is 5.41 Å². The van der Waals surface area contributed by atoms with E-state index < -0.39 is 97.3 Å². The van der Waals surface area contributed by atoms with E-state index in [0.717, 1.165) is 6.42 Å². The molecule has 272 valence electrons.